The molecule has 0 radical (unpaired) electrons. The molecule has 8 fully saturated rings. The molecule has 15 heteroatoms. The van der Waals surface area contributed by atoms with Gasteiger partial charge in [-0.05, 0) is 130 Å². The van der Waals surface area contributed by atoms with Crippen molar-refractivity contribution in [1.82, 2.24) is 0 Å². The molecule has 0 aromatic carbocycles. The second kappa shape index (κ2) is 18.0. The number of fused-ring (bicyclic) bond motifs is 7. The van der Waals surface area contributed by atoms with E-state index in [0.29, 0.717) is 42.9 Å². The number of aliphatic hydroxyl groups excluding tert-OH is 7. The van der Waals surface area contributed by atoms with Gasteiger partial charge in [0.05, 0.1) is 38.1 Å². The molecule has 0 aromatic heterocycles. The van der Waals surface area contributed by atoms with Crippen LogP contribution in [0.25, 0.3) is 0 Å². The number of aliphatic hydroxyl groups is 8. The van der Waals surface area contributed by atoms with Crippen molar-refractivity contribution in [2.24, 2.45) is 52.3 Å². The van der Waals surface area contributed by atoms with Gasteiger partial charge in [0.15, 0.2) is 24.7 Å². The van der Waals surface area contributed by atoms with Gasteiger partial charge in [-0.1, -0.05) is 27.7 Å². The van der Waals surface area contributed by atoms with Crippen LogP contribution in [0.1, 0.15) is 118 Å². The van der Waals surface area contributed by atoms with Crippen molar-refractivity contribution in [2.45, 2.75) is 210 Å². The van der Waals surface area contributed by atoms with Gasteiger partial charge in [-0.3, -0.25) is 0 Å². The zero-order valence-corrected chi connectivity index (χ0v) is 36.4. The van der Waals surface area contributed by atoms with E-state index in [1.807, 2.05) is 13.8 Å². The Kier molecular flexibility index (Phi) is 13.8. The second-order valence-corrected chi connectivity index (χ2v) is 21.1. The zero-order chi connectivity index (χ0) is 42.9. The Labute approximate surface area is 355 Å². The molecule has 24 atom stereocenters. The van der Waals surface area contributed by atoms with E-state index < -0.39 is 80.1 Å². The van der Waals surface area contributed by atoms with Crippen molar-refractivity contribution in [1.29, 1.82) is 0 Å². The molecule has 4 aliphatic heterocycles. The largest absolute Gasteiger partial charge is 0.394 e. The Balaban J connectivity index is 0.835. The maximum Gasteiger partial charge on any atom is 0.186 e. The maximum absolute atomic E-state index is 12.0. The van der Waals surface area contributed by atoms with Gasteiger partial charge in [-0.25, -0.2) is 0 Å². The minimum atomic E-state index is -1.49. The van der Waals surface area contributed by atoms with E-state index in [1.54, 1.807) is 0 Å². The Morgan fingerprint density at radius 3 is 2.17 bits per heavy atom. The average molecular weight is 857 g/mol. The molecule has 346 valence electrons. The molecule has 8 aliphatic rings. The molecular weight excluding hydrogens is 780 g/mol. The molecule has 0 aromatic rings. The smallest absolute Gasteiger partial charge is 0.186 e. The van der Waals surface area contributed by atoms with Crippen molar-refractivity contribution in [2.75, 3.05) is 19.8 Å². The third-order valence-corrected chi connectivity index (χ3v) is 17.6. The summed E-state index contributed by atoms with van der Waals surface area (Å²) < 4.78 is 42.6. The second-order valence-electron chi connectivity index (χ2n) is 21.1. The Morgan fingerprint density at radius 1 is 0.717 bits per heavy atom. The van der Waals surface area contributed by atoms with Gasteiger partial charge in [-0.15, -0.1) is 0 Å². The van der Waals surface area contributed by atoms with E-state index in [1.165, 1.54) is 0 Å². The highest BCUT2D eigenvalue weighted by molar-refractivity contribution is 5.15. The topological polar surface area (TPSA) is 226 Å². The summed E-state index contributed by atoms with van der Waals surface area (Å²) in [6.07, 6.45) is -0.805. The molecule has 4 heterocycles. The molecule has 8 rings (SSSR count). The molecule has 2 unspecified atom stereocenters. The van der Waals surface area contributed by atoms with Crippen LogP contribution in [0.5, 0.6) is 0 Å². The highest BCUT2D eigenvalue weighted by atomic mass is 16.7. The van der Waals surface area contributed by atoms with Crippen LogP contribution in [-0.2, 0) is 33.2 Å². The van der Waals surface area contributed by atoms with Crippen LogP contribution in [0.15, 0.2) is 0 Å². The van der Waals surface area contributed by atoms with Crippen LogP contribution < -0.4 is 0 Å². The summed E-state index contributed by atoms with van der Waals surface area (Å²) >= 11 is 0. The molecule has 4 saturated carbocycles. The van der Waals surface area contributed by atoms with Gasteiger partial charge in [0.2, 0.25) is 0 Å². The molecule has 8 N–H and O–H groups in total. The van der Waals surface area contributed by atoms with Gasteiger partial charge < -0.3 is 74.0 Å². The van der Waals surface area contributed by atoms with Gasteiger partial charge in [0.25, 0.3) is 0 Å². The van der Waals surface area contributed by atoms with Crippen LogP contribution in [-0.4, -0.2) is 152 Å². The quantitative estimate of drug-likeness (QED) is 0.132. The average Bonchev–Trinajstić information content (AvgIpc) is 3.66. The number of ether oxygens (including phenoxy) is 7. The minimum Gasteiger partial charge on any atom is -0.394 e. The molecule has 4 saturated heterocycles. The van der Waals surface area contributed by atoms with Crippen molar-refractivity contribution in [3.05, 3.63) is 0 Å². The Hall–Kier alpha value is -0.600. The SMILES string of the molecule is C[C@@H](CC[C@@]1(O)O[C@@H]2C[C@H]3[C@@H]4CCC5C[C@@H](O[C@@H]6O[C@H](CO)[C@@H](O[C@H]7CCC[C@H](C)O7)[C@H](O)[C@H]6O)CC[C@]5(C)[C@H]4CC[C@]3(C)C2[C@@H]1C)CO[C@@H]1O[C@H](CO)[C@@H](O)[C@H](O)[C@H]1O. The summed E-state index contributed by atoms with van der Waals surface area (Å²) in [4.78, 5) is 0. The first-order valence-corrected chi connectivity index (χ1v) is 23.4. The minimum absolute atomic E-state index is 0.00198. The van der Waals surface area contributed by atoms with Crippen LogP contribution in [0.4, 0.5) is 0 Å². The first kappa shape index (κ1) is 45.9. The first-order chi connectivity index (χ1) is 28.5. The molecule has 60 heavy (non-hydrogen) atoms. The molecule has 0 amide bonds. The lowest BCUT2D eigenvalue weighted by molar-refractivity contribution is -0.342. The van der Waals surface area contributed by atoms with E-state index >= 15 is 0 Å². The summed E-state index contributed by atoms with van der Waals surface area (Å²) in [6.45, 7) is 10.4. The van der Waals surface area contributed by atoms with Gasteiger partial charge in [0, 0.05) is 12.3 Å². The van der Waals surface area contributed by atoms with E-state index in [-0.39, 0.29) is 60.1 Å². The van der Waals surface area contributed by atoms with E-state index in [4.69, 9.17) is 33.2 Å². The van der Waals surface area contributed by atoms with Crippen LogP contribution >= 0.6 is 0 Å². The van der Waals surface area contributed by atoms with Gasteiger partial charge >= 0.3 is 0 Å². The van der Waals surface area contributed by atoms with Crippen molar-refractivity contribution < 1.29 is 74.0 Å². The Bertz CT molecular complexity index is 1440. The third kappa shape index (κ3) is 8.29. The van der Waals surface area contributed by atoms with Crippen LogP contribution in [0.3, 0.4) is 0 Å². The normalized spacial score (nSPS) is 54.8. The summed E-state index contributed by atoms with van der Waals surface area (Å²) in [5.41, 5.74) is 0.233. The Morgan fingerprint density at radius 2 is 1.43 bits per heavy atom. The predicted octanol–water partition coefficient (Wildman–Crippen LogP) is 2.34. The van der Waals surface area contributed by atoms with Gasteiger partial charge in [-0.2, -0.15) is 0 Å². The monoisotopic (exact) mass is 857 g/mol. The van der Waals surface area contributed by atoms with Crippen molar-refractivity contribution in [3.63, 3.8) is 0 Å². The molecule has 4 aliphatic carbocycles. The van der Waals surface area contributed by atoms with Gasteiger partial charge in [0.1, 0.15) is 48.8 Å². The number of hydrogen-bond acceptors (Lipinski definition) is 15. The summed E-state index contributed by atoms with van der Waals surface area (Å²) in [6, 6.07) is 0. The lowest BCUT2D eigenvalue weighted by Gasteiger charge is -2.61. The van der Waals surface area contributed by atoms with E-state index in [9.17, 15) is 40.9 Å². The lowest BCUT2D eigenvalue weighted by Crippen LogP contribution is -2.62. The lowest BCUT2D eigenvalue weighted by atomic mass is 9.44. The molecular formula is C45H76O15. The van der Waals surface area contributed by atoms with E-state index in [0.717, 1.165) is 64.2 Å². The van der Waals surface area contributed by atoms with Crippen molar-refractivity contribution in [3.8, 4) is 0 Å². The fourth-order valence-electron chi connectivity index (χ4n) is 14.1. The fraction of sp³-hybridized carbons (Fsp3) is 1.00. The first-order valence-electron chi connectivity index (χ1n) is 23.4. The standard InChI is InChI=1S/C45H76O15/c1-22(21-54-41-38(51)36(49)35(48)31(19-46)57-41)11-16-45(53)24(3)34-30(60-45)18-29-27-10-9-25-17-26(12-14-43(25,4)28(27)13-15-44(29,34)5)56-42-39(52)37(50)40(32(20-47)58-42)59-33-8-6-7-23(2)55-33/h22-42,46-53H,6-21H2,1-5H3/t22-,23-,24-,25?,26-,27+,28-,29-,30+,31+,32+,33-,34?,35+,36-,37+,38+,39+,40+,41+,42+,43-,44-,45+/m0/s1. The zero-order valence-electron chi connectivity index (χ0n) is 36.4. The summed E-state index contributed by atoms with van der Waals surface area (Å²) in [7, 11) is 0. The predicted molar refractivity (Wildman–Crippen MR) is 213 cm³/mol. The number of rotatable bonds is 12. The highest BCUT2D eigenvalue weighted by Crippen LogP contribution is 2.71. The maximum atomic E-state index is 12.0. The van der Waals surface area contributed by atoms with Crippen molar-refractivity contribution >= 4 is 0 Å². The summed E-state index contributed by atoms with van der Waals surface area (Å²) in [5, 5.41) is 84.7. The van der Waals surface area contributed by atoms with E-state index in [2.05, 4.69) is 20.8 Å². The molecule has 15 nitrogen and oxygen atoms in total. The number of hydrogen-bond donors (Lipinski definition) is 8. The summed E-state index contributed by atoms with van der Waals surface area (Å²) in [5.74, 6) is 1.12. The van der Waals surface area contributed by atoms with Crippen LogP contribution in [0, 0.1) is 52.3 Å². The molecule has 0 spiro atoms. The fourth-order valence-corrected chi connectivity index (χ4v) is 14.1. The highest BCUT2D eigenvalue weighted by Gasteiger charge is 2.68. The molecule has 0 bridgehead atoms. The van der Waals surface area contributed by atoms with Crippen LogP contribution in [0.2, 0.25) is 0 Å². The third-order valence-electron chi connectivity index (χ3n) is 17.6.